The number of phenolic OH excluding ortho intramolecular Hbond substituents is 1. The molecule has 1 aliphatic rings. The van der Waals surface area contributed by atoms with Crippen LogP contribution in [0.5, 0.6) is 5.75 Å². The number of hydrogen-bond donors (Lipinski definition) is 2. The first-order chi connectivity index (χ1) is 10.7. The molecule has 1 aliphatic heterocycles. The number of carbonyl (C=O) groups is 1. The molecule has 1 amide bonds. The number of piperidine rings is 1. The SMILES string of the molecule is CN(C)S(=O)(=O)N1CCC[C@@H](NC(=O)c2cccc(F)c2O)C1. The maximum absolute atomic E-state index is 13.3. The lowest BCUT2D eigenvalue weighted by Crippen LogP contribution is -2.52. The van der Waals surface area contributed by atoms with E-state index in [0.717, 1.165) is 10.4 Å². The van der Waals surface area contributed by atoms with Gasteiger partial charge in [0.15, 0.2) is 11.6 Å². The summed E-state index contributed by atoms with van der Waals surface area (Å²) in [6.45, 7) is 0.528. The second-order valence-corrected chi connectivity index (χ2v) is 7.74. The van der Waals surface area contributed by atoms with Crippen molar-refractivity contribution in [2.45, 2.75) is 18.9 Å². The van der Waals surface area contributed by atoms with Crippen LogP contribution in [-0.4, -0.2) is 61.3 Å². The minimum Gasteiger partial charge on any atom is -0.504 e. The largest absolute Gasteiger partial charge is 0.504 e. The van der Waals surface area contributed by atoms with Gasteiger partial charge in [-0.05, 0) is 25.0 Å². The molecule has 1 fully saturated rings. The molecule has 0 radical (unpaired) electrons. The first-order valence-electron chi connectivity index (χ1n) is 7.19. The molecule has 1 atom stereocenters. The molecule has 0 aliphatic carbocycles. The van der Waals surface area contributed by atoms with Crippen LogP contribution in [0.4, 0.5) is 4.39 Å². The van der Waals surface area contributed by atoms with Crippen LogP contribution in [-0.2, 0) is 10.2 Å². The quantitative estimate of drug-likeness (QED) is 0.833. The molecule has 2 N–H and O–H groups in total. The monoisotopic (exact) mass is 345 g/mol. The predicted octanol–water partition coefficient (Wildman–Crippen LogP) is 0.532. The average molecular weight is 345 g/mol. The first-order valence-corrected chi connectivity index (χ1v) is 8.59. The highest BCUT2D eigenvalue weighted by atomic mass is 32.2. The zero-order valence-electron chi connectivity index (χ0n) is 13.0. The van der Waals surface area contributed by atoms with Crippen molar-refractivity contribution in [1.29, 1.82) is 0 Å². The van der Waals surface area contributed by atoms with E-state index in [9.17, 15) is 22.7 Å². The summed E-state index contributed by atoms with van der Waals surface area (Å²) in [6.07, 6.45) is 1.22. The number of carbonyl (C=O) groups excluding carboxylic acids is 1. The summed E-state index contributed by atoms with van der Waals surface area (Å²) in [5.41, 5.74) is -0.169. The molecule has 0 spiro atoms. The number of aromatic hydroxyl groups is 1. The second-order valence-electron chi connectivity index (χ2n) is 5.60. The number of halogens is 1. The fourth-order valence-electron chi connectivity index (χ4n) is 2.46. The van der Waals surface area contributed by atoms with Crippen LogP contribution in [0.2, 0.25) is 0 Å². The molecule has 7 nitrogen and oxygen atoms in total. The van der Waals surface area contributed by atoms with Gasteiger partial charge in [-0.3, -0.25) is 4.79 Å². The van der Waals surface area contributed by atoms with Crippen molar-refractivity contribution in [2.75, 3.05) is 27.2 Å². The van der Waals surface area contributed by atoms with Crippen molar-refractivity contribution < 1.29 is 22.7 Å². The molecule has 0 bridgehead atoms. The lowest BCUT2D eigenvalue weighted by atomic mass is 10.1. The number of benzene rings is 1. The van der Waals surface area contributed by atoms with Crippen LogP contribution in [0.3, 0.4) is 0 Å². The summed E-state index contributed by atoms with van der Waals surface area (Å²) in [7, 11) is -0.649. The van der Waals surface area contributed by atoms with Crippen LogP contribution in [0, 0.1) is 5.82 Å². The Morgan fingerprint density at radius 2 is 2.13 bits per heavy atom. The average Bonchev–Trinajstić information content (AvgIpc) is 2.50. The van der Waals surface area contributed by atoms with Gasteiger partial charge < -0.3 is 10.4 Å². The predicted molar refractivity (Wildman–Crippen MR) is 82.7 cm³/mol. The summed E-state index contributed by atoms with van der Waals surface area (Å²) in [6, 6.07) is 3.30. The van der Waals surface area contributed by atoms with E-state index < -0.39 is 33.7 Å². The van der Waals surface area contributed by atoms with Crippen molar-refractivity contribution >= 4 is 16.1 Å². The van der Waals surface area contributed by atoms with Gasteiger partial charge in [0, 0.05) is 33.2 Å². The summed E-state index contributed by atoms with van der Waals surface area (Å²) >= 11 is 0. The molecule has 23 heavy (non-hydrogen) atoms. The zero-order chi connectivity index (χ0) is 17.2. The Morgan fingerprint density at radius 1 is 1.43 bits per heavy atom. The minimum absolute atomic E-state index is 0.141. The van der Waals surface area contributed by atoms with E-state index >= 15 is 0 Å². The van der Waals surface area contributed by atoms with Crippen molar-refractivity contribution in [3.63, 3.8) is 0 Å². The normalized spacial score (nSPS) is 19.7. The van der Waals surface area contributed by atoms with Gasteiger partial charge in [-0.1, -0.05) is 6.07 Å². The van der Waals surface area contributed by atoms with E-state index in [1.54, 1.807) is 0 Å². The molecule has 1 aromatic carbocycles. The topological polar surface area (TPSA) is 90.0 Å². The van der Waals surface area contributed by atoms with E-state index in [-0.39, 0.29) is 12.1 Å². The third-order valence-electron chi connectivity index (χ3n) is 3.74. The maximum atomic E-state index is 13.3. The smallest absolute Gasteiger partial charge is 0.281 e. The Hall–Kier alpha value is -1.71. The fourth-order valence-corrected chi connectivity index (χ4v) is 3.65. The molecule has 1 saturated heterocycles. The number of amides is 1. The summed E-state index contributed by atoms with van der Waals surface area (Å²) in [5, 5.41) is 12.3. The summed E-state index contributed by atoms with van der Waals surface area (Å²) < 4.78 is 40.0. The van der Waals surface area contributed by atoms with Gasteiger partial charge in [0.1, 0.15) is 0 Å². The Kier molecular flexibility index (Phi) is 5.23. The van der Waals surface area contributed by atoms with E-state index in [2.05, 4.69) is 5.32 Å². The van der Waals surface area contributed by atoms with Crippen molar-refractivity contribution in [1.82, 2.24) is 13.9 Å². The fraction of sp³-hybridized carbons (Fsp3) is 0.500. The van der Waals surface area contributed by atoms with Crippen LogP contribution in [0.1, 0.15) is 23.2 Å². The highest BCUT2D eigenvalue weighted by molar-refractivity contribution is 7.86. The molecule has 1 aromatic rings. The van der Waals surface area contributed by atoms with Gasteiger partial charge in [0.05, 0.1) is 5.56 Å². The summed E-state index contributed by atoms with van der Waals surface area (Å²) in [4.78, 5) is 12.2. The van der Waals surface area contributed by atoms with Crippen molar-refractivity contribution in [3.8, 4) is 5.75 Å². The maximum Gasteiger partial charge on any atom is 0.281 e. The van der Waals surface area contributed by atoms with E-state index in [1.807, 2.05) is 0 Å². The third kappa shape index (κ3) is 3.80. The lowest BCUT2D eigenvalue weighted by Gasteiger charge is -2.33. The number of rotatable bonds is 4. The van der Waals surface area contributed by atoms with Crippen LogP contribution in [0.25, 0.3) is 0 Å². The second kappa shape index (κ2) is 6.81. The van der Waals surface area contributed by atoms with Gasteiger partial charge in [-0.15, -0.1) is 0 Å². The molecule has 0 saturated carbocycles. The highest BCUT2D eigenvalue weighted by Crippen LogP contribution is 2.21. The Morgan fingerprint density at radius 3 is 2.78 bits per heavy atom. The molecule has 2 rings (SSSR count). The van der Waals surface area contributed by atoms with E-state index in [1.165, 1.54) is 30.5 Å². The van der Waals surface area contributed by atoms with Gasteiger partial charge in [-0.25, -0.2) is 4.39 Å². The molecule has 128 valence electrons. The Labute approximate surface area is 134 Å². The van der Waals surface area contributed by atoms with Gasteiger partial charge >= 0.3 is 0 Å². The summed E-state index contributed by atoms with van der Waals surface area (Å²) in [5.74, 6) is -2.22. The number of hydrogen-bond acceptors (Lipinski definition) is 4. The molecule has 9 heteroatoms. The van der Waals surface area contributed by atoms with Crippen molar-refractivity contribution in [3.05, 3.63) is 29.6 Å². The number of nitrogens with one attached hydrogen (secondary N) is 1. The van der Waals surface area contributed by atoms with Crippen LogP contribution >= 0.6 is 0 Å². The van der Waals surface area contributed by atoms with Gasteiger partial charge in [-0.2, -0.15) is 17.0 Å². The van der Waals surface area contributed by atoms with Crippen LogP contribution < -0.4 is 5.32 Å². The van der Waals surface area contributed by atoms with E-state index in [4.69, 9.17) is 0 Å². The van der Waals surface area contributed by atoms with Crippen LogP contribution in [0.15, 0.2) is 18.2 Å². The lowest BCUT2D eigenvalue weighted by molar-refractivity contribution is 0.0917. The minimum atomic E-state index is -3.54. The number of nitrogens with zero attached hydrogens (tertiary/aromatic N) is 2. The van der Waals surface area contributed by atoms with Gasteiger partial charge in [0.2, 0.25) is 0 Å². The molecule has 0 unspecified atom stereocenters. The number of phenols is 1. The highest BCUT2D eigenvalue weighted by Gasteiger charge is 2.31. The molecular formula is C14H20FN3O4S. The molecule has 0 aromatic heterocycles. The van der Waals surface area contributed by atoms with E-state index in [0.29, 0.717) is 19.4 Å². The molecular weight excluding hydrogens is 325 g/mol. The Bertz CT molecular complexity index is 693. The molecule has 1 heterocycles. The first kappa shape index (κ1) is 17.6. The Balaban J connectivity index is 2.08. The standard InChI is InChI=1S/C14H20FN3O4S/c1-17(2)23(21,22)18-8-4-5-10(9-18)16-14(20)11-6-3-7-12(15)13(11)19/h3,6-7,10,19H,4-5,8-9H2,1-2H3,(H,16,20)/t10-/m1/s1. The van der Waals surface area contributed by atoms with Crippen molar-refractivity contribution in [2.24, 2.45) is 0 Å². The number of para-hydroxylation sites is 1. The third-order valence-corrected chi connectivity index (χ3v) is 5.65. The van der Waals surface area contributed by atoms with Gasteiger partial charge in [0.25, 0.3) is 16.1 Å². The zero-order valence-corrected chi connectivity index (χ0v) is 13.8.